The van der Waals surface area contributed by atoms with Crippen LogP contribution in [0.4, 0.5) is 0 Å². The Balaban J connectivity index is 1.09. The van der Waals surface area contributed by atoms with Gasteiger partial charge in [0.25, 0.3) is 0 Å². The number of aromatic nitrogens is 5. The van der Waals surface area contributed by atoms with Crippen molar-refractivity contribution in [2.24, 2.45) is 0 Å². The quantitative estimate of drug-likeness (QED) is 0.168. The minimum Gasteiger partial charge on any atom is -0.455 e. The summed E-state index contributed by atoms with van der Waals surface area (Å²) in [5, 5.41) is 16.6. The predicted molar refractivity (Wildman–Crippen MR) is 254 cm³/mol. The maximum Gasteiger partial charge on any atom is 0.168 e. The van der Waals surface area contributed by atoms with Crippen LogP contribution in [-0.4, -0.2) is 23.9 Å². The van der Waals surface area contributed by atoms with Gasteiger partial charge < -0.3 is 13.6 Å². The summed E-state index contributed by atoms with van der Waals surface area (Å²) in [6.07, 6.45) is 0. The van der Waals surface area contributed by atoms with Crippen molar-refractivity contribution in [2.45, 2.75) is 0 Å². The zero-order chi connectivity index (χ0) is 40.7. The van der Waals surface area contributed by atoms with Crippen molar-refractivity contribution in [3.63, 3.8) is 0 Å². The summed E-state index contributed by atoms with van der Waals surface area (Å²) < 4.78 is 13.7. The van der Waals surface area contributed by atoms with Gasteiger partial charge in [0.15, 0.2) is 11.6 Å². The van der Waals surface area contributed by atoms with Gasteiger partial charge in [-0.1, -0.05) is 152 Å². The summed E-state index contributed by atoms with van der Waals surface area (Å²) in [5.41, 5.74) is 13.6. The van der Waals surface area contributed by atoms with E-state index in [9.17, 15) is 0 Å². The van der Waals surface area contributed by atoms with Gasteiger partial charge in [-0.3, -0.25) is 4.57 Å². The lowest BCUT2D eigenvalue weighted by atomic mass is 10.0. The molecule has 4 aromatic heterocycles. The Hall–Kier alpha value is -8.48. The van der Waals surface area contributed by atoms with E-state index in [1.165, 1.54) is 5.39 Å². The number of hydrogen-bond donors (Lipinski definition) is 0. The van der Waals surface area contributed by atoms with Crippen LogP contribution in [0.3, 0.4) is 0 Å². The van der Waals surface area contributed by atoms with Crippen molar-refractivity contribution in [1.82, 2.24) is 23.9 Å². The highest BCUT2D eigenvalue weighted by molar-refractivity contribution is 6.24. The fraction of sp³-hybridized carbons (Fsp3) is 0. The third-order valence-electron chi connectivity index (χ3n) is 12.4. The zero-order valence-electron chi connectivity index (χ0n) is 33.4. The first kappa shape index (κ1) is 34.4. The number of nitrogens with zero attached hydrogens (tertiary/aromatic N) is 5. The van der Waals surface area contributed by atoms with E-state index >= 15 is 0 Å². The Morgan fingerprint density at radius 3 is 1.71 bits per heavy atom. The molecule has 0 fully saturated rings. The molecular weight excluding hydrogens is 759 g/mol. The monoisotopic (exact) mass is 793 g/mol. The topological polar surface area (TPSA) is 53.7 Å². The summed E-state index contributed by atoms with van der Waals surface area (Å²) in [6, 6.07) is 75.1. The largest absolute Gasteiger partial charge is 0.455 e. The summed E-state index contributed by atoms with van der Waals surface area (Å²) in [5.74, 6) is 1.56. The highest BCUT2D eigenvalue weighted by Gasteiger charge is 2.23. The van der Waals surface area contributed by atoms with E-state index in [4.69, 9.17) is 14.6 Å². The van der Waals surface area contributed by atoms with Gasteiger partial charge in [-0.15, -0.1) is 10.2 Å². The number of benzene rings is 9. The van der Waals surface area contributed by atoms with E-state index in [2.05, 4.69) is 196 Å². The van der Waals surface area contributed by atoms with Crippen LogP contribution in [-0.2, 0) is 0 Å². The van der Waals surface area contributed by atoms with Crippen LogP contribution < -0.4 is 0 Å². The normalized spacial score (nSPS) is 11.9. The minimum atomic E-state index is 0.771. The maximum absolute atomic E-state index is 6.66. The molecule has 13 aromatic rings. The predicted octanol–water partition coefficient (Wildman–Crippen LogP) is 14.4. The van der Waals surface area contributed by atoms with Crippen molar-refractivity contribution in [3.05, 3.63) is 212 Å². The van der Waals surface area contributed by atoms with Crippen LogP contribution in [0.2, 0.25) is 0 Å². The van der Waals surface area contributed by atoms with Gasteiger partial charge in [-0.25, -0.2) is 0 Å². The molecule has 0 spiro atoms. The summed E-state index contributed by atoms with van der Waals surface area (Å²) >= 11 is 0. The molecule has 0 N–H and O–H groups in total. The lowest BCUT2D eigenvalue weighted by molar-refractivity contribution is 0.673. The summed E-state index contributed by atoms with van der Waals surface area (Å²) in [4.78, 5) is 0. The molecule has 0 aliphatic rings. The van der Waals surface area contributed by atoms with E-state index in [0.717, 1.165) is 111 Å². The van der Waals surface area contributed by atoms with Crippen LogP contribution in [0.15, 0.2) is 217 Å². The minimum absolute atomic E-state index is 0.771. The third-order valence-corrected chi connectivity index (χ3v) is 12.4. The van der Waals surface area contributed by atoms with Gasteiger partial charge in [0.05, 0.1) is 33.1 Å². The number of fused-ring (bicyclic) bond motifs is 10. The molecule has 0 saturated carbocycles. The number of rotatable bonds is 6. The lowest BCUT2D eigenvalue weighted by Gasteiger charge is -2.18. The average molecular weight is 794 g/mol. The van der Waals surface area contributed by atoms with E-state index in [1.807, 2.05) is 30.3 Å². The number of para-hydroxylation sites is 4. The Labute approximate surface area is 355 Å². The van der Waals surface area contributed by atoms with Crippen LogP contribution in [0.5, 0.6) is 0 Å². The first-order valence-corrected chi connectivity index (χ1v) is 20.9. The number of hydrogen-bond acceptors (Lipinski definition) is 3. The molecule has 13 rings (SSSR count). The first-order valence-electron chi connectivity index (χ1n) is 20.9. The Bertz CT molecular complexity index is 3860. The molecule has 4 heterocycles. The van der Waals surface area contributed by atoms with E-state index in [1.54, 1.807) is 0 Å². The summed E-state index contributed by atoms with van der Waals surface area (Å²) in [6.45, 7) is 0. The fourth-order valence-corrected chi connectivity index (χ4v) is 9.66. The van der Waals surface area contributed by atoms with Crippen molar-refractivity contribution < 1.29 is 4.42 Å². The Morgan fingerprint density at radius 1 is 0.339 bits per heavy atom. The van der Waals surface area contributed by atoms with Gasteiger partial charge >= 0.3 is 0 Å². The molecule has 6 nitrogen and oxygen atoms in total. The molecule has 0 atom stereocenters. The molecule has 0 bridgehead atoms. The van der Waals surface area contributed by atoms with Crippen molar-refractivity contribution >= 4 is 65.6 Å². The molecule has 6 heteroatoms. The van der Waals surface area contributed by atoms with E-state index in [0.29, 0.717) is 0 Å². The van der Waals surface area contributed by atoms with E-state index < -0.39 is 0 Å². The highest BCUT2D eigenvalue weighted by Crippen LogP contribution is 2.43. The molecular formula is C56H35N5O. The van der Waals surface area contributed by atoms with Gasteiger partial charge in [0, 0.05) is 55.0 Å². The molecule has 0 amide bonds. The molecule has 0 radical (unpaired) electrons. The second-order valence-electron chi connectivity index (χ2n) is 15.8. The lowest BCUT2D eigenvalue weighted by Crippen LogP contribution is -2.02. The smallest absolute Gasteiger partial charge is 0.168 e. The molecule has 62 heavy (non-hydrogen) atoms. The second kappa shape index (κ2) is 13.5. The van der Waals surface area contributed by atoms with Crippen LogP contribution in [0.1, 0.15) is 0 Å². The molecule has 0 aliphatic carbocycles. The van der Waals surface area contributed by atoms with Gasteiger partial charge in [-0.05, 0) is 66.2 Å². The first-order chi connectivity index (χ1) is 30.8. The van der Waals surface area contributed by atoms with Crippen LogP contribution >= 0.6 is 0 Å². The molecule has 9 aromatic carbocycles. The van der Waals surface area contributed by atoms with Gasteiger partial charge in [0.1, 0.15) is 11.2 Å². The molecule has 0 unspecified atom stereocenters. The fourth-order valence-electron chi connectivity index (χ4n) is 9.66. The van der Waals surface area contributed by atoms with Crippen LogP contribution in [0, 0.1) is 0 Å². The van der Waals surface area contributed by atoms with Crippen molar-refractivity contribution in [1.29, 1.82) is 0 Å². The maximum atomic E-state index is 6.66. The van der Waals surface area contributed by atoms with E-state index in [-0.39, 0.29) is 0 Å². The van der Waals surface area contributed by atoms with Crippen molar-refractivity contribution in [3.8, 4) is 51.0 Å². The average Bonchev–Trinajstić information content (AvgIpc) is 4.12. The molecule has 290 valence electrons. The standard InChI is InChI=1S/C56H35N5O/c1-4-16-36(17-5-1)41-31-29-40(59-48-26-14-11-24-46(48)53-49(59)33-32-45-44-23-12-15-27-52(44)62-54(45)53)35-51(41)61-47-25-13-10-22-42(47)43-30-28-38(34-50(43)61)56-58-57-55(37-18-6-2-7-19-37)60(56)39-20-8-3-9-21-39/h1-35H. The SMILES string of the molecule is c1ccc(-c2ccc(-n3c4ccccc4c4c5oc6ccccc6c5ccc43)cc2-n2c3ccccc3c3ccc(-c4nnc(-c5ccccc5)n4-c4ccccc4)cc32)cc1. The zero-order valence-corrected chi connectivity index (χ0v) is 33.4. The van der Waals surface area contributed by atoms with Gasteiger partial charge in [0.2, 0.25) is 0 Å². The third kappa shape index (κ3) is 5.10. The molecule has 0 saturated heterocycles. The van der Waals surface area contributed by atoms with Crippen LogP contribution in [0.25, 0.3) is 117 Å². The van der Waals surface area contributed by atoms with Gasteiger partial charge in [-0.2, -0.15) is 0 Å². The molecule has 0 aliphatic heterocycles. The highest BCUT2D eigenvalue weighted by atomic mass is 16.3. The second-order valence-corrected chi connectivity index (χ2v) is 15.8. The Kier molecular flexibility index (Phi) is 7.50. The number of furan rings is 1. The summed E-state index contributed by atoms with van der Waals surface area (Å²) in [7, 11) is 0. The van der Waals surface area contributed by atoms with Crippen molar-refractivity contribution in [2.75, 3.05) is 0 Å². The Morgan fingerprint density at radius 2 is 0.935 bits per heavy atom.